The minimum atomic E-state index is 1.04. The summed E-state index contributed by atoms with van der Waals surface area (Å²) in [5.74, 6) is 0. The number of nitrogens with zero attached hydrogens (tertiary/aromatic N) is 2. The Morgan fingerprint density at radius 3 is 2.81 bits per heavy atom. The molecular formula is C11H18BrN3S. The smallest absolute Gasteiger partial charge is 0.0701 e. The molecule has 0 unspecified atom stereocenters. The van der Waals surface area contributed by atoms with Crippen molar-refractivity contribution in [1.82, 2.24) is 15.1 Å². The van der Waals surface area contributed by atoms with Gasteiger partial charge >= 0.3 is 0 Å². The molecule has 0 radical (unpaired) electrons. The lowest BCUT2D eigenvalue weighted by molar-refractivity contribution is 0.136. The summed E-state index contributed by atoms with van der Waals surface area (Å²) in [6, 6.07) is 4.32. The van der Waals surface area contributed by atoms with Crippen LogP contribution in [0, 0.1) is 0 Å². The van der Waals surface area contributed by atoms with Crippen molar-refractivity contribution in [2.45, 2.75) is 6.54 Å². The van der Waals surface area contributed by atoms with E-state index in [1.807, 2.05) is 11.3 Å². The molecule has 90 valence electrons. The van der Waals surface area contributed by atoms with E-state index in [-0.39, 0.29) is 0 Å². The number of thiophene rings is 1. The van der Waals surface area contributed by atoms with Crippen LogP contribution in [-0.2, 0) is 6.54 Å². The van der Waals surface area contributed by atoms with Crippen molar-refractivity contribution >= 4 is 27.3 Å². The van der Waals surface area contributed by atoms with Gasteiger partial charge in [0.25, 0.3) is 0 Å². The number of rotatable bonds is 4. The van der Waals surface area contributed by atoms with Gasteiger partial charge in [0.15, 0.2) is 0 Å². The number of piperazine rings is 1. The fraction of sp³-hybridized carbons (Fsp3) is 0.636. The fourth-order valence-electron chi connectivity index (χ4n) is 1.95. The molecule has 2 rings (SSSR count). The molecule has 0 spiro atoms. The molecule has 5 heteroatoms. The zero-order chi connectivity index (χ0) is 11.4. The van der Waals surface area contributed by atoms with E-state index in [0.717, 1.165) is 26.3 Å². The zero-order valence-electron chi connectivity index (χ0n) is 9.58. The Hall–Kier alpha value is 0.0600. The minimum absolute atomic E-state index is 1.04. The second kappa shape index (κ2) is 6.12. The van der Waals surface area contributed by atoms with Gasteiger partial charge in [-0.1, -0.05) is 0 Å². The first-order chi connectivity index (χ1) is 7.74. The van der Waals surface area contributed by atoms with Gasteiger partial charge in [-0.3, -0.25) is 9.80 Å². The third-order valence-corrected chi connectivity index (χ3v) is 4.31. The summed E-state index contributed by atoms with van der Waals surface area (Å²) >= 11 is 5.32. The van der Waals surface area contributed by atoms with E-state index in [1.54, 1.807) is 0 Å². The Morgan fingerprint density at radius 2 is 2.19 bits per heavy atom. The van der Waals surface area contributed by atoms with Crippen molar-refractivity contribution in [3.8, 4) is 0 Å². The highest BCUT2D eigenvalue weighted by Crippen LogP contribution is 2.22. The summed E-state index contributed by atoms with van der Waals surface area (Å²) in [5, 5.41) is 3.38. The molecule has 1 aliphatic rings. The quantitative estimate of drug-likeness (QED) is 0.915. The van der Waals surface area contributed by atoms with Gasteiger partial charge in [-0.05, 0) is 35.1 Å². The molecule has 0 aromatic carbocycles. The summed E-state index contributed by atoms with van der Waals surface area (Å²) in [4.78, 5) is 6.30. The van der Waals surface area contributed by atoms with Gasteiger partial charge < -0.3 is 5.32 Å². The Bertz CT molecular complexity index is 323. The lowest BCUT2D eigenvalue weighted by Gasteiger charge is -2.31. The number of hydrogen-bond acceptors (Lipinski definition) is 4. The van der Waals surface area contributed by atoms with E-state index >= 15 is 0 Å². The molecule has 1 aromatic rings. The van der Waals surface area contributed by atoms with Gasteiger partial charge in [0, 0.05) is 37.6 Å². The molecule has 0 amide bonds. The van der Waals surface area contributed by atoms with Crippen molar-refractivity contribution in [2.24, 2.45) is 0 Å². The number of nitrogens with one attached hydrogen (secondary N) is 1. The van der Waals surface area contributed by atoms with Crippen molar-refractivity contribution in [3.63, 3.8) is 0 Å². The largest absolute Gasteiger partial charge is 0.314 e. The van der Waals surface area contributed by atoms with Crippen molar-refractivity contribution in [1.29, 1.82) is 0 Å². The molecule has 16 heavy (non-hydrogen) atoms. The van der Waals surface area contributed by atoms with Gasteiger partial charge in [-0.25, -0.2) is 0 Å². The van der Waals surface area contributed by atoms with Gasteiger partial charge in [-0.15, -0.1) is 11.3 Å². The van der Waals surface area contributed by atoms with Crippen LogP contribution >= 0.6 is 27.3 Å². The SMILES string of the molecule is CN(Cc1ccc(Br)s1)CN1CCNCC1. The first-order valence-corrected chi connectivity index (χ1v) is 7.21. The van der Waals surface area contributed by atoms with Crippen LogP contribution in [0.25, 0.3) is 0 Å². The Labute approximate surface area is 110 Å². The summed E-state index contributed by atoms with van der Waals surface area (Å²) < 4.78 is 1.22. The summed E-state index contributed by atoms with van der Waals surface area (Å²) in [6.45, 7) is 6.69. The first kappa shape index (κ1) is 12.5. The molecule has 1 saturated heterocycles. The topological polar surface area (TPSA) is 18.5 Å². The van der Waals surface area contributed by atoms with Crippen molar-refractivity contribution in [2.75, 3.05) is 39.9 Å². The van der Waals surface area contributed by atoms with E-state index in [0.29, 0.717) is 0 Å². The van der Waals surface area contributed by atoms with Crippen LogP contribution in [0.5, 0.6) is 0 Å². The van der Waals surface area contributed by atoms with E-state index in [9.17, 15) is 0 Å². The van der Waals surface area contributed by atoms with E-state index < -0.39 is 0 Å². The second-order valence-corrected chi connectivity index (χ2v) is 6.78. The average Bonchev–Trinajstić information content (AvgIpc) is 2.65. The predicted octanol–water partition coefficient (Wildman–Crippen LogP) is 1.81. The monoisotopic (exact) mass is 303 g/mol. The number of halogens is 1. The predicted molar refractivity (Wildman–Crippen MR) is 72.8 cm³/mol. The molecule has 1 fully saturated rings. The second-order valence-electron chi connectivity index (χ2n) is 4.23. The van der Waals surface area contributed by atoms with Crippen LogP contribution in [0.1, 0.15) is 4.88 Å². The van der Waals surface area contributed by atoms with Crippen LogP contribution < -0.4 is 5.32 Å². The minimum Gasteiger partial charge on any atom is -0.314 e. The van der Waals surface area contributed by atoms with Crippen molar-refractivity contribution in [3.05, 3.63) is 20.8 Å². The Kier molecular flexibility index (Phi) is 4.79. The Balaban J connectivity index is 1.77. The van der Waals surface area contributed by atoms with Crippen LogP contribution in [0.2, 0.25) is 0 Å². The normalized spacial score (nSPS) is 18.2. The average molecular weight is 304 g/mol. The van der Waals surface area contributed by atoms with Crippen molar-refractivity contribution < 1.29 is 0 Å². The third-order valence-electron chi connectivity index (χ3n) is 2.71. The van der Waals surface area contributed by atoms with Crippen LogP contribution in [0.4, 0.5) is 0 Å². The lowest BCUT2D eigenvalue weighted by Crippen LogP contribution is -2.47. The fourth-order valence-corrected chi connectivity index (χ4v) is 3.51. The Morgan fingerprint density at radius 1 is 1.44 bits per heavy atom. The first-order valence-electron chi connectivity index (χ1n) is 5.60. The molecule has 1 aliphatic heterocycles. The highest BCUT2D eigenvalue weighted by atomic mass is 79.9. The third kappa shape index (κ3) is 3.82. The molecule has 0 bridgehead atoms. The number of hydrogen-bond donors (Lipinski definition) is 1. The van der Waals surface area contributed by atoms with E-state index in [4.69, 9.17) is 0 Å². The van der Waals surface area contributed by atoms with Crippen LogP contribution in [-0.4, -0.2) is 49.7 Å². The van der Waals surface area contributed by atoms with Gasteiger partial charge in [0.2, 0.25) is 0 Å². The zero-order valence-corrected chi connectivity index (χ0v) is 12.0. The highest BCUT2D eigenvalue weighted by Gasteiger charge is 2.11. The van der Waals surface area contributed by atoms with Crippen LogP contribution in [0.3, 0.4) is 0 Å². The molecular weight excluding hydrogens is 286 g/mol. The standard InChI is InChI=1S/C11H18BrN3S/c1-14(8-10-2-3-11(12)16-10)9-15-6-4-13-5-7-15/h2-3,13H,4-9H2,1H3. The molecule has 0 atom stereocenters. The van der Waals surface area contributed by atoms with Gasteiger partial charge in [0.1, 0.15) is 0 Å². The maximum atomic E-state index is 3.50. The lowest BCUT2D eigenvalue weighted by atomic mass is 10.4. The van der Waals surface area contributed by atoms with E-state index in [2.05, 4.69) is 50.2 Å². The van der Waals surface area contributed by atoms with Gasteiger partial charge in [-0.2, -0.15) is 0 Å². The molecule has 3 nitrogen and oxygen atoms in total. The molecule has 0 saturated carbocycles. The highest BCUT2D eigenvalue weighted by molar-refractivity contribution is 9.11. The molecule has 1 aromatic heterocycles. The molecule has 0 aliphatic carbocycles. The maximum absolute atomic E-state index is 3.50. The van der Waals surface area contributed by atoms with Gasteiger partial charge in [0.05, 0.1) is 10.5 Å². The van der Waals surface area contributed by atoms with Crippen LogP contribution in [0.15, 0.2) is 15.9 Å². The summed E-state index contributed by atoms with van der Waals surface area (Å²) in [6.07, 6.45) is 0. The summed E-state index contributed by atoms with van der Waals surface area (Å²) in [5.41, 5.74) is 0. The maximum Gasteiger partial charge on any atom is 0.0701 e. The molecule has 2 heterocycles. The van der Waals surface area contributed by atoms with E-state index in [1.165, 1.54) is 21.8 Å². The summed E-state index contributed by atoms with van der Waals surface area (Å²) in [7, 11) is 2.19. The molecule has 1 N–H and O–H groups in total.